The highest BCUT2D eigenvalue weighted by Gasteiger charge is 2.30. The fourth-order valence-electron chi connectivity index (χ4n) is 4.59. The van der Waals surface area contributed by atoms with Crippen LogP contribution in [0.4, 0.5) is 16.4 Å². The topological polar surface area (TPSA) is 155 Å². The van der Waals surface area contributed by atoms with Gasteiger partial charge in [0.2, 0.25) is 0 Å². The largest absolute Gasteiger partial charge is 0.444 e. The summed E-state index contributed by atoms with van der Waals surface area (Å²) in [4.78, 5) is 41.4. The number of nitrogens with zero attached hydrogens (tertiary/aromatic N) is 7. The quantitative estimate of drug-likeness (QED) is 0.450. The molecule has 3 N–H and O–H groups in total. The van der Waals surface area contributed by atoms with Gasteiger partial charge in [0.25, 0.3) is 5.56 Å². The van der Waals surface area contributed by atoms with Gasteiger partial charge in [0, 0.05) is 13.1 Å². The molecule has 3 aromatic rings. The molecule has 0 aliphatic carbocycles. The number of hydrogen-bond acceptors (Lipinski definition) is 10. The average molecular weight is 568 g/mol. The second-order valence-corrected chi connectivity index (χ2v) is 11.5. The van der Waals surface area contributed by atoms with E-state index in [0.717, 1.165) is 0 Å². The molecule has 12 nitrogen and oxygen atoms in total. The number of fused-ring (bicyclic) bond motifs is 1. The second kappa shape index (κ2) is 11.6. The van der Waals surface area contributed by atoms with Crippen molar-refractivity contribution >= 4 is 40.2 Å². The summed E-state index contributed by atoms with van der Waals surface area (Å²) in [6, 6.07) is 6.67. The van der Waals surface area contributed by atoms with Crippen molar-refractivity contribution in [2.75, 3.05) is 42.2 Å². The summed E-state index contributed by atoms with van der Waals surface area (Å²) in [6.45, 7) is 11.0. The molecule has 0 radical (unpaired) electrons. The van der Waals surface area contributed by atoms with E-state index in [1.54, 1.807) is 23.1 Å². The van der Waals surface area contributed by atoms with Gasteiger partial charge in [0.05, 0.1) is 35.1 Å². The monoisotopic (exact) mass is 567 g/mol. The third kappa shape index (κ3) is 6.20. The number of carbonyl (C=O) groups is 1. The Kier molecular flexibility index (Phi) is 8.34. The summed E-state index contributed by atoms with van der Waals surface area (Å²) in [5, 5.41) is 15.5. The molecule has 1 aromatic carbocycles. The van der Waals surface area contributed by atoms with Crippen LogP contribution in [0.3, 0.4) is 0 Å². The van der Waals surface area contributed by atoms with Gasteiger partial charge in [-0.25, -0.2) is 24.4 Å². The number of rotatable bonds is 6. The first-order valence-electron chi connectivity index (χ1n) is 13.1. The van der Waals surface area contributed by atoms with Crippen LogP contribution >= 0.6 is 11.6 Å². The summed E-state index contributed by atoms with van der Waals surface area (Å²) in [6.07, 6.45) is 1.44. The van der Waals surface area contributed by atoms with Crippen LogP contribution in [0, 0.1) is 17.2 Å². The Morgan fingerprint density at radius 3 is 2.55 bits per heavy atom. The summed E-state index contributed by atoms with van der Waals surface area (Å²) in [7, 11) is 0. The maximum Gasteiger partial charge on any atom is 0.410 e. The molecule has 13 heteroatoms. The molecule has 212 valence electrons. The highest BCUT2D eigenvalue weighted by atomic mass is 35.5. The maximum atomic E-state index is 14.1. The molecule has 1 atom stereocenters. The van der Waals surface area contributed by atoms with E-state index in [1.165, 1.54) is 11.0 Å². The number of nitrogens with one attached hydrogen (secondary N) is 1. The van der Waals surface area contributed by atoms with Crippen molar-refractivity contribution in [3.8, 4) is 6.07 Å². The fraction of sp³-hybridized carbons (Fsp3) is 0.481. The van der Waals surface area contributed by atoms with Crippen molar-refractivity contribution in [3.63, 3.8) is 0 Å². The first-order chi connectivity index (χ1) is 18.9. The van der Waals surface area contributed by atoms with Crippen LogP contribution in [-0.4, -0.2) is 62.4 Å². The minimum atomic E-state index is -0.611. The van der Waals surface area contributed by atoms with Crippen molar-refractivity contribution in [2.45, 2.75) is 52.7 Å². The number of carbonyl (C=O) groups excluding carboxylic acids is 1. The molecule has 4 rings (SSSR count). The molecule has 1 aliphatic heterocycles. The van der Waals surface area contributed by atoms with Crippen molar-refractivity contribution in [3.05, 3.63) is 51.3 Å². The van der Waals surface area contributed by atoms with E-state index in [-0.39, 0.29) is 28.7 Å². The Balaban J connectivity index is 1.79. The molecule has 1 fully saturated rings. The Morgan fingerprint density at radius 2 is 1.93 bits per heavy atom. The lowest BCUT2D eigenvalue weighted by atomic mass is 10.0. The number of halogens is 1. The molecule has 3 heterocycles. The minimum Gasteiger partial charge on any atom is -0.444 e. The summed E-state index contributed by atoms with van der Waals surface area (Å²) in [5.74, 6) is 0.923. The average Bonchev–Trinajstić information content (AvgIpc) is 2.87. The van der Waals surface area contributed by atoms with Crippen LogP contribution in [0.1, 0.15) is 58.5 Å². The molecular formula is C27H34ClN9O3. The van der Waals surface area contributed by atoms with Gasteiger partial charge in [-0.2, -0.15) is 5.26 Å². The third-order valence-electron chi connectivity index (χ3n) is 6.36. The third-order valence-corrected chi connectivity index (χ3v) is 6.67. The first-order valence-corrected chi connectivity index (χ1v) is 13.5. The molecule has 1 saturated heterocycles. The molecule has 40 heavy (non-hydrogen) atoms. The van der Waals surface area contributed by atoms with Crippen molar-refractivity contribution in [2.24, 2.45) is 5.92 Å². The van der Waals surface area contributed by atoms with Crippen LogP contribution in [-0.2, 0) is 4.74 Å². The maximum absolute atomic E-state index is 14.1. The standard InChI is InChI=1S/C27H34ClN9O3/c1-16(2)13-20(33-23-17(14-29)22(30)31-15-32-23)24-34-19-8-6-7-18(28)21(19)25(38)37(24)36-11-9-35(10-12-36)26(39)40-27(3,4)5/h6-8,15-16,20H,9-13H2,1-5H3,(H3,30,31,32,33). The number of benzene rings is 1. The Labute approximate surface area is 237 Å². The SMILES string of the molecule is CC(C)CC(Nc1ncnc(N)c1C#N)c1nc2cccc(Cl)c2c(=O)n1N1CCN(C(=O)OC(C)(C)C)CC1. The van der Waals surface area contributed by atoms with Crippen molar-refractivity contribution < 1.29 is 9.53 Å². The van der Waals surface area contributed by atoms with Gasteiger partial charge in [-0.1, -0.05) is 31.5 Å². The van der Waals surface area contributed by atoms with Gasteiger partial charge in [-0.3, -0.25) is 4.79 Å². The zero-order valence-corrected chi connectivity index (χ0v) is 24.1. The lowest BCUT2D eigenvalue weighted by Gasteiger charge is -2.38. The number of hydrogen-bond donors (Lipinski definition) is 2. The predicted molar refractivity (Wildman–Crippen MR) is 154 cm³/mol. The van der Waals surface area contributed by atoms with Crippen LogP contribution < -0.4 is 21.6 Å². The molecule has 1 aliphatic rings. The van der Waals surface area contributed by atoms with E-state index in [1.807, 2.05) is 39.6 Å². The fourth-order valence-corrected chi connectivity index (χ4v) is 4.84. The zero-order valence-electron chi connectivity index (χ0n) is 23.3. The number of nitrogens with two attached hydrogens (primary N) is 1. The predicted octanol–water partition coefficient (Wildman–Crippen LogP) is 3.68. The highest BCUT2D eigenvalue weighted by Crippen LogP contribution is 2.29. The number of nitrogen functional groups attached to an aromatic ring is 1. The van der Waals surface area contributed by atoms with Crippen LogP contribution in [0.2, 0.25) is 5.02 Å². The number of anilines is 2. The van der Waals surface area contributed by atoms with Crippen LogP contribution in [0.5, 0.6) is 0 Å². The number of amides is 1. The molecular weight excluding hydrogens is 534 g/mol. The van der Waals surface area contributed by atoms with Gasteiger partial charge in [-0.05, 0) is 45.2 Å². The van der Waals surface area contributed by atoms with Gasteiger partial charge >= 0.3 is 6.09 Å². The molecule has 1 amide bonds. The smallest absolute Gasteiger partial charge is 0.410 e. The lowest BCUT2D eigenvalue weighted by Crippen LogP contribution is -2.57. The summed E-state index contributed by atoms with van der Waals surface area (Å²) < 4.78 is 7.07. The van der Waals surface area contributed by atoms with E-state index in [4.69, 9.17) is 27.1 Å². The molecule has 0 saturated carbocycles. The van der Waals surface area contributed by atoms with E-state index in [0.29, 0.717) is 54.3 Å². The van der Waals surface area contributed by atoms with Gasteiger partial charge in [-0.15, -0.1) is 0 Å². The Morgan fingerprint density at radius 1 is 1.23 bits per heavy atom. The van der Waals surface area contributed by atoms with E-state index in [2.05, 4.69) is 21.4 Å². The Bertz CT molecular complexity index is 1500. The second-order valence-electron chi connectivity index (χ2n) is 11.1. The zero-order chi connectivity index (χ0) is 29.2. The molecule has 1 unspecified atom stereocenters. The van der Waals surface area contributed by atoms with Gasteiger partial charge in [0.1, 0.15) is 35.2 Å². The minimum absolute atomic E-state index is 0.0530. The summed E-state index contributed by atoms with van der Waals surface area (Å²) in [5.41, 5.74) is 5.56. The highest BCUT2D eigenvalue weighted by molar-refractivity contribution is 6.35. The van der Waals surface area contributed by atoms with E-state index >= 15 is 0 Å². The Hall–Kier alpha value is -4.11. The normalized spacial score (nSPS) is 14.8. The molecule has 0 bridgehead atoms. The first kappa shape index (κ1) is 28.9. The van der Waals surface area contributed by atoms with Crippen LogP contribution in [0.25, 0.3) is 10.9 Å². The van der Waals surface area contributed by atoms with Gasteiger partial charge in [0.15, 0.2) is 5.82 Å². The molecule has 2 aromatic heterocycles. The van der Waals surface area contributed by atoms with Crippen molar-refractivity contribution in [1.82, 2.24) is 24.5 Å². The van der Waals surface area contributed by atoms with E-state index in [9.17, 15) is 14.9 Å². The van der Waals surface area contributed by atoms with E-state index < -0.39 is 17.7 Å². The lowest BCUT2D eigenvalue weighted by molar-refractivity contribution is 0.0231. The van der Waals surface area contributed by atoms with Crippen molar-refractivity contribution in [1.29, 1.82) is 5.26 Å². The number of piperazine rings is 1. The molecule has 0 spiro atoms. The summed E-state index contributed by atoms with van der Waals surface area (Å²) >= 11 is 6.48. The van der Waals surface area contributed by atoms with Gasteiger partial charge < -0.3 is 25.7 Å². The number of aromatic nitrogens is 4. The van der Waals surface area contributed by atoms with Crippen LogP contribution in [0.15, 0.2) is 29.3 Å². The number of nitriles is 1. The number of ether oxygens (including phenoxy) is 1.